The Bertz CT molecular complexity index is 1860. The van der Waals surface area contributed by atoms with Gasteiger partial charge in [-0.05, 0) is 43.9 Å². The van der Waals surface area contributed by atoms with Crippen LogP contribution in [0.2, 0.25) is 5.02 Å². The largest absolute Gasteiger partial charge is 0.417 e. The van der Waals surface area contributed by atoms with Gasteiger partial charge in [-0.25, -0.2) is 24.3 Å². The molecule has 3 aromatic heterocycles. The van der Waals surface area contributed by atoms with Crippen molar-refractivity contribution in [1.82, 2.24) is 29.4 Å². The molecule has 9 nitrogen and oxygen atoms in total. The number of hydrogen-bond acceptors (Lipinski definition) is 7. The molecule has 4 aromatic rings. The number of piperazine rings is 1. The lowest BCUT2D eigenvalue weighted by Gasteiger charge is -2.44. The van der Waals surface area contributed by atoms with Crippen LogP contribution in [0.5, 0.6) is 0 Å². The van der Waals surface area contributed by atoms with Gasteiger partial charge in [0.15, 0.2) is 5.65 Å². The summed E-state index contributed by atoms with van der Waals surface area (Å²) in [5, 5.41) is 0.310. The summed E-state index contributed by atoms with van der Waals surface area (Å²) in [6.07, 6.45) is -1.99. The van der Waals surface area contributed by atoms with Crippen LogP contribution in [0.15, 0.2) is 54.1 Å². The lowest BCUT2D eigenvalue weighted by molar-refractivity contribution is -0.137. The molecule has 1 fully saturated rings. The molecule has 1 aliphatic heterocycles. The molecule has 1 amide bonds. The minimum absolute atomic E-state index is 0.0453. The summed E-state index contributed by atoms with van der Waals surface area (Å²) in [5.41, 5.74) is -0.404. The maximum absolute atomic E-state index is 14.3. The van der Waals surface area contributed by atoms with E-state index in [9.17, 15) is 22.8 Å². The summed E-state index contributed by atoms with van der Waals surface area (Å²) in [5.74, 6) is -0.241. The zero-order valence-electron chi connectivity index (χ0n) is 26.4. The standard InChI is InChI=1S/C33H35ClF3N7O2/c1-8-25(45)42-14-20(7)43(15-19(42)6)30-22-13-24(34)28(21-11-9-10-12-23(21)33(35,36)37)40-31(22)44(32(46)41-30)29-26(17(2)3)38-16-39-27(29)18(4)5/h8-13,16-20H,1,14-15H2,2-7H3/t19-,20+/m1/s1. The molecule has 46 heavy (non-hydrogen) atoms. The summed E-state index contributed by atoms with van der Waals surface area (Å²) in [6.45, 7) is 15.7. The number of carbonyl (C=O) groups excluding carboxylic acids is 1. The minimum atomic E-state index is -4.68. The molecule has 242 valence electrons. The lowest BCUT2D eigenvalue weighted by Crippen LogP contribution is -2.58. The highest BCUT2D eigenvalue weighted by molar-refractivity contribution is 6.34. The van der Waals surface area contributed by atoms with E-state index in [0.29, 0.717) is 35.6 Å². The number of fused-ring (bicyclic) bond motifs is 1. The van der Waals surface area contributed by atoms with Gasteiger partial charge in [0.1, 0.15) is 12.1 Å². The molecular weight excluding hydrogens is 619 g/mol. The number of pyridine rings is 1. The predicted molar refractivity (Wildman–Crippen MR) is 173 cm³/mol. The Morgan fingerprint density at radius 3 is 2.24 bits per heavy atom. The molecule has 13 heteroatoms. The van der Waals surface area contributed by atoms with Crippen molar-refractivity contribution in [3.63, 3.8) is 0 Å². The Balaban J connectivity index is 1.88. The zero-order valence-corrected chi connectivity index (χ0v) is 27.2. The fourth-order valence-corrected chi connectivity index (χ4v) is 6.23. The summed E-state index contributed by atoms with van der Waals surface area (Å²) < 4.78 is 43.8. The number of carbonyl (C=O) groups is 1. The van der Waals surface area contributed by atoms with Crippen LogP contribution in [-0.2, 0) is 11.0 Å². The first-order valence-corrected chi connectivity index (χ1v) is 15.4. The number of aromatic nitrogens is 5. The van der Waals surface area contributed by atoms with Crippen molar-refractivity contribution < 1.29 is 18.0 Å². The van der Waals surface area contributed by atoms with Gasteiger partial charge in [-0.2, -0.15) is 18.2 Å². The topological polar surface area (TPSA) is 97.1 Å². The first kappa shape index (κ1) is 33.1. The number of anilines is 1. The van der Waals surface area contributed by atoms with Gasteiger partial charge in [-0.15, -0.1) is 0 Å². The molecule has 0 radical (unpaired) electrons. The van der Waals surface area contributed by atoms with Gasteiger partial charge in [0, 0.05) is 30.7 Å². The summed E-state index contributed by atoms with van der Waals surface area (Å²) in [7, 11) is 0. The molecule has 0 aliphatic carbocycles. The third-order valence-corrected chi connectivity index (χ3v) is 8.49. The van der Waals surface area contributed by atoms with Crippen molar-refractivity contribution in [3.8, 4) is 16.9 Å². The molecule has 0 unspecified atom stereocenters. The molecular formula is C33H35ClF3N7O2. The van der Waals surface area contributed by atoms with Crippen LogP contribution in [0.3, 0.4) is 0 Å². The van der Waals surface area contributed by atoms with E-state index in [1.165, 1.54) is 41.2 Å². The normalized spacial score (nSPS) is 17.3. The van der Waals surface area contributed by atoms with Crippen LogP contribution in [0.4, 0.5) is 19.0 Å². The Morgan fingerprint density at radius 1 is 1.02 bits per heavy atom. The van der Waals surface area contributed by atoms with Crippen molar-refractivity contribution in [3.05, 3.63) is 81.8 Å². The SMILES string of the molecule is C=CC(=O)N1C[C@H](C)N(c2nc(=O)n(-c3c(C(C)C)ncnc3C(C)C)c3nc(-c4ccccc4C(F)(F)F)c(Cl)cc23)C[C@H]1C. The van der Waals surface area contributed by atoms with Crippen molar-refractivity contribution in [2.24, 2.45) is 0 Å². The van der Waals surface area contributed by atoms with Crippen LogP contribution in [0.1, 0.15) is 70.3 Å². The van der Waals surface area contributed by atoms with Crippen molar-refractivity contribution in [2.75, 3.05) is 18.0 Å². The lowest BCUT2D eigenvalue weighted by atomic mass is 10.0. The zero-order chi connectivity index (χ0) is 33.7. The van der Waals surface area contributed by atoms with Crippen LogP contribution >= 0.6 is 11.6 Å². The third kappa shape index (κ3) is 5.86. The molecule has 0 spiro atoms. The average Bonchev–Trinajstić information content (AvgIpc) is 3.00. The molecule has 1 aromatic carbocycles. The van der Waals surface area contributed by atoms with Gasteiger partial charge in [0.25, 0.3) is 0 Å². The van der Waals surface area contributed by atoms with Gasteiger partial charge >= 0.3 is 11.9 Å². The van der Waals surface area contributed by atoms with E-state index >= 15 is 0 Å². The Labute approximate surface area is 269 Å². The van der Waals surface area contributed by atoms with Gasteiger partial charge in [-0.3, -0.25) is 4.79 Å². The van der Waals surface area contributed by atoms with E-state index in [1.54, 1.807) is 4.90 Å². The van der Waals surface area contributed by atoms with Crippen LogP contribution < -0.4 is 10.6 Å². The molecule has 5 rings (SSSR count). The predicted octanol–water partition coefficient (Wildman–Crippen LogP) is 6.77. The number of alkyl halides is 3. The average molecular weight is 654 g/mol. The monoisotopic (exact) mass is 653 g/mol. The Kier molecular flexibility index (Phi) is 8.96. The van der Waals surface area contributed by atoms with Gasteiger partial charge in [0.2, 0.25) is 5.91 Å². The number of benzene rings is 1. The molecule has 4 heterocycles. The number of halogens is 4. The highest BCUT2D eigenvalue weighted by atomic mass is 35.5. The molecule has 0 N–H and O–H groups in total. The molecule has 1 saturated heterocycles. The highest BCUT2D eigenvalue weighted by Crippen LogP contribution is 2.41. The quantitative estimate of drug-likeness (QED) is 0.212. The van der Waals surface area contributed by atoms with Gasteiger partial charge in [0.05, 0.1) is 38.7 Å². The van der Waals surface area contributed by atoms with Gasteiger partial charge < -0.3 is 9.80 Å². The summed E-state index contributed by atoms with van der Waals surface area (Å²) in [6, 6.07) is 6.01. The maximum atomic E-state index is 14.3. The van der Waals surface area contributed by atoms with E-state index in [2.05, 4.69) is 21.5 Å². The minimum Gasteiger partial charge on any atom is -0.349 e. The number of amides is 1. The maximum Gasteiger partial charge on any atom is 0.417 e. The fourth-order valence-electron chi connectivity index (χ4n) is 5.98. The van der Waals surface area contributed by atoms with Crippen molar-refractivity contribution in [1.29, 1.82) is 0 Å². The van der Waals surface area contributed by atoms with E-state index in [4.69, 9.17) is 16.6 Å². The van der Waals surface area contributed by atoms with Crippen molar-refractivity contribution in [2.45, 2.75) is 71.6 Å². The summed E-state index contributed by atoms with van der Waals surface area (Å²) in [4.78, 5) is 48.7. The second-order valence-electron chi connectivity index (χ2n) is 12.1. The fraction of sp³-hybridized carbons (Fsp3) is 0.394. The Hall–Kier alpha value is -4.32. The van der Waals surface area contributed by atoms with Crippen LogP contribution in [0, 0.1) is 0 Å². The van der Waals surface area contributed by atoms with E-state index in [-0.39, 0.29) is 57.6 Å². The third-order valence-electron chi connectivity index (χ3n) is 8.20. The van der Waals surface area contributed by atoms with E-state index in [0.717, 1.165) is 6.07 Å². The molecule has 0 saturated carbocycles. The van der Waals surface area contributed by atoms with Crippen LogP contribution in [-0.4, -0.2) is 60.5 Å². The number of rotatable bonds is 6. The van der Waals surface area contributed by atoms with E-state index < -0.39 is 17.4 Å². The number of nitrogens with zero attached hydrogens (tertiary/aromatic N) is 7. The first-order valence-electron chi connectivity index (χ1n) is 15.0. The van der Waals surface area contributed by atoms with E-state index in [1.807, 2.05) is 46.4 Å². The molecule has 0 bridgehead atoms. The first-order chi connectivity index (χ1) is 21.6. The number of hydrogen-bond donors (Lipinski definition) is 0. The second-order valence-corrected chi connectivity index (χ2v) is 12.5. The van der Waals surface area contributed by atoms with Crippen LogP contribution in [0.25, 0.3) is 28.0 Å². The summed E-state index contributed by atoms with van der Waals surface area (Å²) >= 11 is 6.77. The smallest absolute Gasteiger partial charge is 0.349 e. The van der Waals surface area contributed by atoms with Gasteiger partial charge in [-0.1, -0.05) is 64.1 Å². The second kappa shape index (κ2) is 12.5. The highest BCUT2D eigenvalue weighted by Gasteiger charge is 2.36. The Morgan fingerprint density at radius 2 is 1.65 bits per heavy atom. The molecule has 2 atom stereocenters. The van der Waals surface area contributed by atoms with Crippen molar-refractivity contribution >= 4 is 34.4 Å². The molecule has 1 aliphatic rings.